The van der Waals surface area contributed by atoms with Gasteiger partial charge in [0.2, 0.25) is 10.0 Å². The van der Waals surface area contributed by atoms with Gasteiger partial charge in [-0.1, -0.05) is 56.6 Å². The largest absolute Gasteiger partial charge is 0.505 e. The summed E-state index contributed by atoms with van der Waals surface area (Å²) in [6.45, 7) is 10.6. The summed E-state index contributed by atoms with van der Waals surface area (Å²) in [5.41, 5.74) is 2.79. The van der Waals surface area contributed by atoms with E-state index in [9.17, 15) is 23.4 Å². The zero-order valence-corrected chi connectivity index (χ0v) is 23.2. The number of aromatic carboxylic acids is 1. The number of carboxylic acid groups (broad SMARTS) is 1. The fraction of sp³-hybridized carbons (Fsp3) is 0.407. The molecule has 0 atom stereocenters. The summed E-state index contributed by atoms with van der Waals surface area (Å²) in [4.78, 5) is 18.9. The fourth-order valence-corrected chi connectivity index (χ4v) is 5.38. The number of benzene rings is 2. The fourth-order valence-electron chi connectivity index (χ4n) is 4.47. The topological polar surface area (TPSA) is 111 Å². The van der Waals surface area contributed by atoms with Crippen molar-refractivity contribution in [2.45, 2.75) is 40.2 Å². The van der Waals surface area contributed by atoms with E-state index >= 15 is 0 Å². The van der Waals surface area contributed by atoms with Gasteiger partial charge in [0.15, 0.2) is 5.75 Å². The molecular formula is C27H34ClN3O5S. The van der Waals surface area contributed by atoms with Gasteiger partial charge >= 0.3 is 5.97 Å². The van der Waals surface area contributed by atoms with Crippen LogP contribution in [0.15, 0.2) is 36.4 Å². The van der Waals surface area contributed by atoms with Gasteiger partial charge in [-0.3, -0.25) is 0 Å². The number of sulfonamides is 1. The molecule has 4 rings (SSSR count). The van der Waals surface area contributed by atoms with Crippen LogP contribution in [0.1, 0.15) is 53.5 Å². The van der Waals surface area contributed by atoms with Gasteiger partial charge in [-0.2, -0.15) is 4.31 Å². The molecule has 0 saturated carbocycles. The van der Waals surface area contributed by atoms with Gasteiger partial charge in [0, 0.05) is 29.9 Å². The Kier molecular flexibility index (Phi) is 9.52. The third-order valence-electron chi connectivity index (χ3n) is 6.68. The van der Waals surface area contributed by atoms with Crippen LogP contribution in [0.5, 0.6) is 5.75 Å². The molecule has 0 amide bonds. The molecule has 3 aromatic rings. The molecule has 2 N–H and O–H groups in total. The first-order chi connectivity index (χ1) is 17.5. The summed E-state index contributed by atoms with van der Waals surface area (Å²) < 4.78 is 25.5. The lowest BCUT2D eigenvalue weighted by atomic mass is 9.94. The summed E-state index contributed by atoms with van der Waals surface area (Å²) in [5, 5.41) is 21.3. The molecule has 1 aliphatic rings. The summed E-state index contributed by atoms with van der Waals surface area (Å²) in [6.07, 6.45) is 1.87. The number of carbonyl (C=O) groups is 1. The Morgan fingerprint density at radius 3 is 2.22 bits per heavy atom. The Labute approximate surface area is 223 Å². The molecule has 0 spiro atoms. The maximum absolute atomic E-state index is 12.1. The highest BCUT2D eigenvalue weighted by Crippen LogP contribution is 2.35. The number of carboxylic acids is 1. The summed E-state index contributed by atoms with van der Waals surface area (Å²) in [7, 11) is -3.41. The molecular weight excluding hydrogens is 514 g/mol. The Bertz CT molecular complexity index is 1370. The van der Waals surface area contributed by atoms with E-state index in [4.69, 9.17) is 11.6 Å². The maximum atomic E-state index is 12.1. The summed E-state index contributed by atoms with van der Waals surface area (Å²) in [6, 6.07) is 10.4. The predicted octanol–water partition coefficient (Wildman–Crippen LogP) is 4.55. The van der Waals surface area contributed by atoms with Gasteiger partial charge in [0.1, 0.15) is 5.56 Å². The van der Waals surface area contributed by atoms with Crippen LogP contribution in [0, 0.1) is 0 Å². The Balaban J connectivity index is 0.000000479. The molecule has 0 radical (unpaired) electrons. The highest BCUT2D eigenvalue weighted by Gasteiger charge is 2.28. The molecule has 0 aliphatic carbocycles. The number of hydrogen-bond acceptors (Lipinski definition) is 6. The maximum Gasteiger partial charge on any atom is 0.340 e. The van der Waals surface area contributed by atoms with E-state index in [1.165, 1.54) is 23.9 Å². The zero-order chi connectivity index (χ0) is 27.3. The molecule has 37 heavy (non-hydrogen) atoms. The molecule has 200 valence electrons. The first-order valence-electron chi connectivity index (χ1n) is 12.3. The van der Waals surface area contributed by atoms with Crippen molar-refractivity contribution in [2.75, 3.05) is 32.4 Å². The van der Waals surface area contributed by atoms with Gasteiger partial charge in [-0.25, -0.2) is 18.2 Å². The van der Waals surface area contributed by atoms with Gasteiger partial charge in [0.05, 0.1) is 17.5 Å². The quantitative estimate of drug-likeness (QED) is 0.446. The van der Waals surface area contributed by atoms with Crippen molar-refractivity contribution in [1.82, 2.24) is 14.2 Å². The lowest BCUT2D eigenvalue weighted by Gasteiger charge is -2.28. The van der Waals surface area contributed by atoms with Crippen molar-refractivity contribution < 1.29 is 23.4 Å². The van der Waals surface area contributed by atoms with Crippen molar-refractivity contribution in [3.63, 3.8) is 0 Å². The monoisotopic (exact) mass is 547 g/mol. The molecule has 1 aliphatic heterocycles. The normalized spacial score (nSPS) is 13.8. The van der Waals surface area contributed by atoms with E-state index in [-0.39, 0.29) is 35.4 Å². The van der Waals surface area contributed by atoms with Crippen LogP contribution in [0.3, 0.4) is 0 Å². The van der Waals surface area contributed by atoms with E-state index in [2.05, 4.69) is 30.7 Å². The number of aromatic nitrogens is 1. The second kappa shape index (κ2) is 12.2. The minimum atomic E-state index is -3.41. The second-order valence-corrected chi connectivity index (χ2v) is 11.4. The van der Waals surface area contributed by atoms with Gasteiger partial charge in [-0.05, 0) is 54.9 Å². The smallest absolute Gasteiger partial charge is 0.340 e. The molecule has 0 fully saturated rings. The second-order valence-electron chi connectivity index (χ2n) is 8.96. The molecule has 8 nitrogen and oxygen atoms in total. The van der Waals surface area contributed by atoms with Crippen LogP contribution in [-0.2, 0) is 29.4 Å². The summed E-state index contributed by atoms with van der Waals surface area (Å²) >= 11 is 5.92. The van der Waals surface area contributed by atoms with Crippen LogP contribution in [-0.4, -0.2) is 71.2 Å². The Morgan fingerprint density at radius 2 is 1.70 bits per heavy atom. The minimum absolute atomic E-state index is 0.114. The van der Waals surface area contributed by atoms with Gasteiger partial charge in [-0.15, -0.1) is 0 Å². The first-order valence-corrected chi connectivity index (χ1v) is 14.5. The number of aromatic hydroxyl groups is 1. The average Bonchev–Trinajstić information content (AvgIpc) is 2.86. The zero-order valence-electron chi connectivity index (χ0n) is 21.7. The Morgan fingerprint density at radius 1 is 1.08 bits per heavy atom. The van der Waals surface area contributed by atoms with E-state index in [0.29, 0.717) is 29.1 Å². The van der Waals surface area contributed by atoms with Crippen LogP contribution < -0.4 is 0 Å². The number of halogens is 1. The lowest BCUT2D eigenvalue weighted by molar-refractivity contribution is 0.0695. The van der Waals surface area contributed by atoms with E-state index < -0.39 is 16.0 Å². The molecule has 10 heteroatoms. The number of pyridine rings is 1. The third kappa shape index (κ3) is 6.78. The summed E-state index contributed by atoms with van der Waals surface area (Å²) in [5.74, 6) is -1.66. The van der Waals surface area contributed by atoms with Crippen LogP contribution in [0.2, 0.25) is 5.02 Å². The highest BCUT2D eigenvalue weighted by atomic mass is 35.5. The number of fused-ring (bicyclic) bond motifs is 3. The molecule has 1 aromatic heterocycles. The SMILES string of the molecule is CCN(CC)CC.CS(=O)(=O)N1CCc2ccc3c(C(=O)O)c(O)c(Cc4ccc(Cl)cc4)nc3c2C1. The first kappa shape index (κ1) is 28.8. The van der Waals surface area contributed by atoms with Crippen molar-refractivity contribution in [3.05, 3.63) is 69.4 Å². The van der Waals surface area contributed by atoms with E-state index in [1.54, 1.807) is 36.4 Å². The highest BCUT2D eigenvalue weighted by molar-refractivity contribution is 7.88. The third-order valence-corrected chi connectivity index (χ3v) is 8.18. The van der Waals surface area contributed by atoms with Crippen molar-refractivity contribution in [3.8, 4) is 5.75 Å². The number of rotatable bonds is 7. The molecule has 0 unspecified atom stereocenters. The lowest BCUT2D eigenvalue weighted by Crippen LogP contribution is -2.35. The van der Waals surface area contributed by atoms with Crippen molar-refractivity contribution >= 4 is 38.5 Å². The number of hydrogen-bond donors (Lipinski definition) is 2. The van der Waals surface area contributed by atoms with Crippen LogP contribution in [0.25, 0.3) is 10.9 Å². The molecule has 2 aromatic carbocycles. The standard InChI is InChI=1S/C21H19ClN2O5S.C6H15N/c1-30(28,29)24-9-8-13-4-7-15-18(21(26)27)20(25)17(23-19(15)16(13)11-24)10-12-2-5-14(22)6-3-12;1-4-7(5-2)6-3/h2-7,25H,8-11H2,1H3,(H,26,27);4-6H2,1-3H3. The van der Waals surface area contributed by atoms with E-state index in [1.807, 2.05) is 0 Å². The van der Waals surface area contributed by atoms with Crippen molar-refractivity contribution in [1.29, 1.82) is 0 Å². The van der Waals surface area contributed by atoms with Crippen LogP contribution >= 0.6 is 11.6 Å². The van der Waals surface area contributed by atoms with E-state index in [0.717, 1.165) is 17.4 Å². The van der Waals surface area contributed by atoms with Gasteiger partial charge < -0.3 is 15.1 Å². The molecule has 0 saturated heterocycles. The molecule has 2 heterocycles. The predicted molar refractivity (Wildman–Crippen MR) is 147 cm³/mol. The average molecular weight is 548 g/mol. The van der Waals surface area contributed by atoms with Gasteiger partial charge in [0.25, 0.3) is 0 Å². The van der Waals surface area contributed by atoms with Crippen molar-refractivity contribution in [2.24, 2.45) is 0 Å². The molecule has 0 bridgehead atoms. The minimum Gasteiger partial charge on any atom is -0.505 e. The number of nitrogens with zero attached hydrogens (tertiary/aromatic N) is 3. The Hall–Kier alpha value is -2.72. The van der Waals surface area contributed by atoms with Crippen LogP contribution in [0.4, 0.5) is 0 Å².